The summed E-state index contributed by atoms with van der Waals surface area (Å²) in [4.78, 5) is 16.2. The second-order valence-electron chi connectivity index (χ2n) is 8.41. The Morgan fingerprint density at radius 3 is 1.72 bits per heavy atom. The van der Waals surface area contributed by atoms with Crippen LogP contribution >= 0.6 is 23.2 Å². The van der Waals surface area contributed by atoms with Crippen molar-refractivity contribution in [2.45, 2.75) is 5.60 Å². The Labute approximate surface area is 220 Å². The molecule has 0 unspecified atom stereocenters. The van der Waals surface area contributed by atoms with Crippen molar-refractivity contribution in [1.29, 1.82) is 0 Å². The van der Waals surface area contributed by atoms with Crippen molar-refractivity contribution >= 4 is 46.7 Å². The number of hydrogen-bond donors (Lipinski definition) is 1. The summed E-state index contributed by atoms with van der Waals surface area (Å²) in [5.74, 6) is -0.653. The summed E-state index contributed by atoms with van der Waals surface area (Å²) in [5.41, 5.74) is 0.997. The van der Waals surface area contributed by atoms with Crippen LogP contribution in [0.5, 0.6) is 0 Å². The largest absolute Gasteiger partial charge is 0.378 e. The van der Waals surface area contributed by atoms with Crippen molar-refractivity contribution in [3.8, 4) is 0 Å². The van der Waals surface area contributed by atoms with Gasteiger partial charge in [-0.3, -0.25) is 4.79 Å². The molecule has 0 aliphatic carbocycles. The van der Waals surface area contributed by atoms with Gasteiger partial charge < -0.3 is 10.0 Å². The summed E-state index contributed by atoms with van der Waals surface area (Å²) in [7, 11) is 3.93. The lowest BCUT2D eigenvalue weighted by Crippen LogP contribution is -2.46. The number of para-hydroxylation sites is 1. The molecule has 182 valence electrons. The predicted octanol–water partition coefficient (Wildman–Crippen LogP) is 6.36. The SMILES string of the molecule is CN(C)c1ccc(/C=N/N(C(=O)C(O)(c2ccc(Cl)cc2)c2ccc(Cl)cc2)c2ccccc2)cc1. The lowest BCUT2D eigenvalue weighted by molar-refractivity contribution is -0.133. The third kappa shape index (κ3) is 5.44. The quantitative estimate of drug-likeness (QED) is 0.229. The van der Waals surface area contributed by atoms with Gasteiger partial charge in [0.05, 0.1) is 11.9 Å². The highest BCUT2D eigenvalue weighted by atomic mass is 35.5. The topological polar surface area (TPSA) is 56.1 Å². The maximum atomic E-state index is 14.2. The zero-order chi connectivity index (χ0) is 25.7. The number of benzene rings is 4. The van der Waals surface area contributed by atoms with Crippen molar-refractivity contribution in [1.82, 2.24) is 0 Å². The Bertz CT molecular complexity index is 1290. The zero-order valence-corrected chi connectivity index (χ0v) is 21.4. The number of hydrogen-bond acceptors (Lipinski definition) is 4. The molecular weight excluding hydrogens is 493 g/mol. The Morgan fingerprint density at radius 1 is 0.750 bits per heavy atom. The van der Waals surface area contributed by atoms with Crippen LogP contribution in [0, 0.1) is 0 Å². The molecule has 0 spiro atoms. The van der Waals surface area contributed by atoms with Gasteiger partial charge in [0.1, 0.15) is 0 Å². The highest BCUT2D eigenvalue weighted by Crippen LogP contribution is 2.35. The first-order chi connectivity index (χ1) is 17.3. The Balaban J connectivity index is 1.81. The van der Waals surface area contributed by atoms with E-state index in [1.807, 2.05) is 49.3 Å². The van der Waals surface area contributed by atoms with Crippen molar-refractivity contribution in [2.24, 2.45) is 5.10 Å². The van der Waals surface area contributed by atoms with Crippen LogP contribution < -0.4 is 9.91 Å². The van der Waals surface area contributed by atoms with E-state index < -0.39 is 11.5 Å². The average Bonchev–Trinajstić information content (AvgIpc) is 2.90. The Hall–Kier alpha value is -3.64. The molecule has 0 saturated heterocycles. The fourth-order valence-corrected chi connectivity index (χ4v) is 3.99. The van der Waals surface area contributed by atoms with E-state index in [2.05, 4.69) is 5.10 Å². The molecule has 0 fully saturated rings. The first-order valence-corrected chi connectivity index (χ1v) is 12.0. The third-order valence-corrected chi connectivity index (χ3v) is 6.26. The second kappa shape index (κ2) is 11.0. The Morgan fingerprint density at radius 2 is 1.25 bits per heavy atom. The van der Waals surface area contributed by atoms with Crippen LogP contribution in [-0.4, -0.2) is 31.3 Å². The van der Waals surface area contributed by atoms with Gasteiger partial charge in [0.25, 0.3) is 5.91 Å². The molecule has 4 rings (SSSR count). The summed E-state index contributed by atoms with van der Waals surface area (Å²) >= 11 is 12.2. The number of carbonyl (C=O) groups excluding carboxylic acids is 1. The van der Waals surface area contributed by atoms with Crippen molar-refractivity contribution in [3.05, 3.63) is 130 Å². The van der Waals surface area contributed by atoms with Crippen molar-refractivity contribution < 1.29 is 9.90 Å². The fourth-order valence-electron chi connectivity index (χ4n) is 3.74. The van der Waals surface area contributed by atoms with E-state index in [0.29, 0.717) is 26.9 Å². The van der Waals surface area contributed by atoms with Gasteiger partial charge in [-0.05, 0) is 65.2 Å². The smallest absolute Gasteiger partial charge is 0.288 e. The summed E-state index contributed by atoms with van der Waals surface area (Å²) in [6.45, 7) is 0. The summed E-state index contributed by atoms with van der Waals surface area (Å²) < 4.78 is 0. The minimum absolute atomic E-state index is 0.352. The number of halogens is 2. The molecule has 0 saturated carbocycles. The van der Waals surface area contributed by atoms with Crippen LogP contribution in [0.1, 0.15) is 16.7 Å². The number of hydrazone groups is 1. The van der Waals surface area contributed by atoms with E-state index in [9.17, 15) is 9.90 Å². The van der Waals surface area contributed by atoms with E-state index in [1.54, 1.807) is 79.0 Å². The summed E-state index contributed by atoms with van der Waals surface area (Å²) in [5, 5.41) is 18.8. The van der Waals surface area contributed by atoms with E-state index in [1.165, 1.54) is 5.01 Å². The number of rotatable bonds is 7. The molecule has 7 heteroatoms. The molecule has 1 amide bonds. The van der Waals surface area contributed by atoms with Gasteiger partial charge in [-0.2, -0.15) is 10.1 Å². The molecule has 4 aromatic carbocycles. The molecule has 0 bridgehead atoms. The zero-order valence-electron chi connectivity index (χ0n) is 19.8. The van der Waals surface area contributed by atoms with Crippen LogP contribution in [0.15, 0.2) is 108 Å². The molecule has 4 aromatic rings. The molecule has 0 radical (unpaired) electrons. The molecular formula is C29H25Cl2N3O2. The molecule has 0 aliphatic rings. The number of carbonyl (C=O) groups is 1. The molecule has 0 aliphatic heterocycles. The minimum atomic E-state index is -2.06. The molecule has 5 nitrogen and oxygen atoms in total. The molecule has 36 heavy (non-hydrogen) atoms. The lowest BCUT2D eigenvalue weighted by Gasteiger charge is -2.32. The van der Waals surface area contributed by atoms with Crippen LogP contribution in [0.3, 0.4) is 0 Å². The van der Waals surface area contributed by atoms with Crippen LogP contribution in [0.4, 0.5) is 11.4 Å². The number of amides is 1. The number of nitrogens with zero attached hydrogens (tertiary/aromatic N) is 3. The van der Waals surface area contributed by atoms with Crippen LogP contribution in [-0.2, 0) is 10.4 Å². The van der Waals surface area contributed by atoms with Gasteiger partial charge in [0.2, 0.25) is 0 Å². The minimum Gasteiger partial charge on any atom is -0.378 e. The summed E-state index contributed by atoms with van der Waals surface area (Å²) in [6, 6.07) is 29.8. The van der Waals surface area contributed by atoms with Crippen LogP contribution in [0.25, 0.3) is 0 Å². The summed E-state index contributed by atoms with van der Waals surface area (Å²) in [6.07, 6.45) is 1.59. The van der Waals surface area contributed by atoms with Gasteiger partial charge >= 0.3 is 0 Å². The third-order valence-electron chi connectivity index (χ3n) is 5.76. The average molecular weight is 518 g/mol. The van der Waals surface area contributed by atoms with E-state index in [4.69, 9.17) is 23.2 Å². The molecule has 1 N–H and O–H groups in total. The highest BCUT2D eigenvalue weighted by molar-refractivity contribution is 6.30. The van der Waals surface area contributed by atoms with E-state index >= 15 is 0 Å². The van der Waals surface area contributed by atoms with E-state index in [-0.39, 0.29) is 0 Å². The normalized spacial score (nSPS) is 11.5. The van der Waals surface area contributed by atoms with Crippen molar-refractivity contribution in [3.63, 3.8) is 0 Å². The second-order valence-corrected chi connectivity index (χ2v) is 9.28. The molecule has 0 atom stereocenters. The standard InChI is InChI=1S/C29H25Cl2N3O2/c1-33(2)26-18-8-21(9-19-26)20-32-34(27-6-4-3-5-7-27)28(35)29(36,22-10-14-24(30)15-11-22)23-12-16-25(31)17-13-23/h3-20,36H,1-2H3/b32-20+. The number of aliphatic hydroxyl groups is 1. The van der Waals surface area contributed by atoms with Crippen molar-refractivity contribution in [2.75, 3.05) is 24.0 Å². The maximum absolute atomic E-state index is 14.2. The van der Waals surface area contributed by atoms with Gasteiger partial charge in [-0.15, -0.1) is 0 Å². The van der Waals surface area contributed by atoms with Crippen LogP contribution in [0.2, 0.25) is 10.0 Å². The molecule has 0 aromatic heterocycles. The molecule has 0 heterocycles. The fraction of sp³-hybridized carbons (Fsp3) is 0.103. The van der Waals surface area contributed by atoms with Gasteiger partial charge in [0.15, 0.2) is 5.60 Å². The maximum Gasteiger partial charge on any atom is 0.288 e. The first-order valence-electron chi connectivity index (χ1n) is 11.2. The van der Waals surface area contributed by atoms with E-state index in [0.717, 1.165) is 11.3 Å². The van der Waals surface area contributed by atoms with Gasteiger partial charge in [0, 0.05) is 29.8 Å². The van der Waals surface area contributed by atoms with Gasteiger partial charge in [-0.1, -0.05) is 77.8 Å². The van der Waals surface area contributed by atoms with Gasteiger partial charge in [-0.25, -0.2) is 0 Å². The Kier molecular flexibility index (Phi) is 7.75. The number of anilines is 2. The first kappa shape index (κ1) is 25.5. The highest BCUT2D eigenvalue weighted by Gasteiger charge is 2.43. The monoisotopic (exact) mass is 517 g/mol. The predicted molar refractivity (Wildman–Crippen MR) is 148 cm³/mol. The lowest BCUT2D eigenvalue weighted by atomic mass is 9.85.